The Balaban J connectivity index is 1.61. The van der Waals surface area contributed by atoms with Gasteiger partial charge in [0, 0.05) is 17.4 Å². The molecule has 2 N–H and O–H groups in total. The molecule has 0 fully saturated rings. The Morgan fingerprint density at radius 3 is 2.80 bits per heavy atom. The summed E-state index contributed by atoms with van der Waals surface area (Å²) < 4.78 is 5.39. The van der Waals surface area contributed by atoms with Crippen LogP contribution in [-0.4, -0.2) is 17.5 Å². The zero-order chi connectivity index (χ0) is 13.8. The number of carbonyl (C=O) groups is 1. The van der Waals surface area contributed by atoms with Gasteiger partial charge < -0.3 is 15.0 Å². The minimum atomic E-state index is -0.181. The summed E-state index contributed by atoms with van der Waals surface area (Å²) in [5.74, 6) is 0.502. The number of nitrogens with one attached hydrogen (secondary N) is 2. The van der Waals surface area contributed by atoms with E-state index < -0.39 is 0 Å². The smallest absolute Gasteiger partial charge is 0.262 e. The van der Waals surface area contributed by atoms with Crippen molar-refractivity contribution in [1.82, 2.24) is 4.98 Å². The fraction of sp³-hybridized carbons (Fsp3) is 0.0625. The zero-order valence-corrected chi connectivity index (χ0v) is 10.8. The Bertz CT molecular complexity index is 719. The van der Waals surface area contributed by atoms with Crippen LogP contribution in [0.15, 0.2) is 60.8 Å². The van der Waals surface area contributed by atoms with Crippen LogP contribution in [-0.2, 0) is 4.79 Å². The maximum absolute atomic E-state index is 11.8. The number of H-pyrrole nitrogens is 1. The molecule has 0 aliphatic heterocycles. The minimum Gasteiger partial charge on any atom is -0.484 e. The van der Waals surface area contributed by atoms with Crippen LogP contribution in [0.4, 0.5) is 5.69 Å². The average Bonchev–Trinajstić information content (AvgIpc) is 2.94. The van der Waals surface area contributed by atoms with Crippen molar-refractivity contribution < 1.29 is 9.53 Å². The van der Waals surface area contributed by atoms with Gasteiger partial charge in [0.1, 0.15) is 5.75 Å². The Kier molecular flexibility index (Phi) is 3.37. The van der Waals surface area contributed by atoms with Gasteiger partial charge in [0.2, 0.25) is 0 Å². The van der Waals surface area contributed by atoms with Crippen LogP contribution in [0.25, 0.3) is 10.9 Å². The molecule has 0 radical (unpaired) electrons. The largest absolute Gasteiger partial charge is 0.484 e. The second-order valence-corrected chi connectivity index (χ2v) is 4.43. The van der Waals surface area contributed by atoms with Gasteiger partial charge in [-0.3, -0.25) is 4.79 Å². The maximum atomic E-state index is 11.8. The van der Waals surface area contributed by atoms with Gasteiger partial charge in [-0.2, -0.15) is 0 Å². The molecule has 1 aromatic heterocycles. The lowest BCUT2D eigenvalue weighted by atomic mass is 10.2. The molecule has 0 spiro atoms. The Hall–Kier alpha value is -2.75. The normalized spacial score (nSPS) is 10.4. The molecule has 0 saturated heterocycles. The predicted octanol–water partition coefficient (Wildman–Crippen LogP) is 3.19. The van der Waals surface area contributed by atoms with Crippen molar-refractivity contribution in [3.05, 3.63) is 60.8 Å². The van der Waals surface area contributed by atoms with Gasteiger partial charge in [-0.25, -0.2) is 0 Å². The number of aromatic amines is 1. The first-order valence-corrected chi connectivity index (χ1v) is 6.36. The van der Waals surface area contributed by atoms with Gasteiger partial charge in [-0.15, -0.1) is 0 Å². The Morgan fingerprint density at radius 2 is 1.95 bits per heavy atom. The molecule has 4 nitrogen and oxygen atoms in total. The fourth-order valence-electron chi connectivity index (χ4n) is 1.99. The highest BCUT2D eigenvalue weighted by atomic mass is 16.5. The van der Waals surface area contributed by atoms with Crippen molar-refractivity contribution in [2.45, 2.75) is 0 Å². The number of aromatic nitrogens is 1. The lowest BCUT2D eigenvalue weighted by Gasteiger charge is -2.07. The van der Waals surface area contributed by atoms with Crippen LogP contribution in [0.1, 0.15) is 0 Å². The zero-order valence-electron chi connectivity index (χ0n) is 10.8. The molecule has 0 aliphatic carbocycles. The minimum absolute atomic E-state index is 0.00717. The third-order valence-corrected chi connectivity index (χ3v) is 2.95. The summed E-state index contributed by atoms with van der Waals surface area (Å²) in [6, 6.07) is 17.0. The maximum Gasteiger partial charge on any atom is 0.262 e. The highest BCUT2D eigenvalue weighted by Crippen LogP contribution is 2.17. The van der Waals surface area contributed by atoms with Crippen LogP contribution in [0.5, 0.6) is 5.75 Å². The fourth-order valence-corrected chi connectivity index (χ4v) is 1.99. The summed E-state index contributed by atoms with van der Waals surface area (Å²) in [5, 5.41) is 3.92. The van der Waals surface area contributed by atoms with E-state index in [0.29, 0.717) is 5.75 Å². The number of hydrogen-bond donors (Lipinski definition) is 2. The van der Waals surface area contributed by atoms with Crippen molar-refractivity contribution in [2.24, 2.45) is 0 Å². The number of carbonyl (C=O) groups excluding carboxylic acids is 1. The molecule has 0 atom stereocenters. The highest BCUT2D eigenvalue weighted by molar-refractivity contribution is 5.94. The van der Waals surface area contributed by atoms with Crippen LogP contribution >= 0.6 is 0 Å². The van der Waals surface area contributed by atoms with Gasteiger partial charge in [-0.1, -0.05) is 24.3 Å². The van der Waals surface area contributed by atoms with Crippen LogP contribution in [0.2, 0.25) is 0 Å². The summed E-state index contributed by atoms with van der Waals surface area (Å²) >= 11 is 0. The molecule has 0 aliphatic rings. The molecule has 3 aromatic rings. The summed E-state index contributed by atoms with van der Waals surface area (Å²) in [5.41, 5.74) is 1.74. The van der Waals surface area contributed by atoms with Gasteiger partial charge in [0.15, 0.2) is 6.61 Å². The molecule has 0 saturated carbocycles. The number of para-hydroxylation sites is 1. The summed E-state index contributed by atoms with van der Waals surface area (Å²) in [7, 11) is 0. The van der Waals surface area contributed by atoms with E-state index >= 15 is 0 Å². The highest BCUT2D eigenvalue weighted by Gasteiger charge is 2.04. The van der Waals surface area contributed by atoms with Crippen molar-refractivity contribution in [1.29, 1.82) is 0 Å². The van der Waals surface area contributed by atoms with Crippen LogP contribution in [0.3, 0.4) is 0 Å². The Labute approximate surface area is 116 Å². The number of fused-ring (bicyclic) bond motifs is 1. The number of ether oxygens (including phenoxy) is 1. The van der Waals surface area contributed by atoms with E-state index in [1.807, 2.05) is 60.8 Å². The number of hydrogen-bond acceptors (Lipinski definition) is 2. The first-order valence-electron chi connectivity index (χ1n) is 6.36. The van der Waals surface area contributed by atoms with Gasteiger partial charge >= 0.3 is 0 Å². The molecule has 100 valence electrons. The second kappa shape index (κ2) is 5.48. The Morgan fingerprint density at radius 1 is 1.10 bits per heavy atom. The van der Waals surface area contributed by atoms with Gasteiger partial charge in [0.25, 0.3) is 5.91 Å². The third-order valence-electron chi connectivity index (χ3n) is 2.95. The molecular weight excluding hydrogens is 252 g/mol. The van der Waals surface area contributed by atoms with E-state index in [1.54, 1.807) is 0 Å². The number of anilines is 1. The third kappa shape index (κ3) is 2.80. The summed E-state index contributed by atoms with van der Waals surface area (Å²) in [6.45, 7) is -0.00717. The van der Waals surface area contributed by atoms with Gasteiger partial charge in [0.05, 0.1) is 0 Å². The lowest BCUT2D eigenvalue weighted by Crippen LogP contribution is -2.20. The van der Waals surface area contributed by atoms with Crippen molar-refractivity contribution in [3.63, 3.8) is 0 Å². The summed E-state index contributed by atoms with van der Waals surface area (Å²) in [4.78, 5) is 14.9. The van der Waals surface area contributed by atoms with E-state index in [1.165, 1.54) is 0 Å². The van der Waals surface area contributed by atoms with E-state index in [2.05, 4.69) is 10.3 Å². The van der Waals surface area contributed by atoms with Crippen LogP contribution in [0, 0.1) is 0 Å². The predicted molar refractivity (Wildman–Crippen MR) is 78.9 cm³/mol. The first-order chi connectivity index (χ1) is 9.81. The van der Waals surface area contributed by atoms with Crippen molar-refractivity contribution in [3.8, 4) is 5.75 Å². The molecule has 4 heteroatoms. The van der Waals surface area contributed by atoms with E-state index in [0.717, 1.165) is 16.6 Å². The second-order valence-electron chi connectivity index (χ2n) is 4.43. The molecular formula is C16H14N2O2. The number of rotatable bonds is 4. The molecule has 2 aromatic carbocycles. The average molecular weight is 266 g/mol. The van der Waals surface area contributed by atoms with Crippen molar-refractivity contribution in [2.75, 3.05) is 11.9 Å². The molecule has 0 unspecified atom stereocenters. The SMILES string of the molecule is O=C(COc1ccccc1)Nc1ccc2cc[nH]c2c1. The topological polar surface area (TPSA) is 54.1 Å². The lowest BCUT2D eigenvalue weighted by molar-refractivity contribution is -0.118. The van der Waals surface area contributed by atoms with Crippen molar-refractivity contribution >= 4 is 22.5 Å². The summed E-state index contributed by atoms with van der Waals surface area (Å²) in [6.07, 6.45) is 1.87. The van der Waals surface area contributed by atoms with Crippen LogP contribution < -0.4 is 10.1 Å². The van der Waals surface area contributed by atoms with E-state index in [-0.39, 0.29) is 12.5 Å². The molecule has 3 rings (SSSR count). The number of benzene rings is 2. The molecule has 1 heterocycles. The van der Waals surface area contributed by atoms with E-state index in [9.17, 15) is 4.79 Å². The molecule has 20 heavy (non-hydrogen) atoms. The standard InChI is InChI=1S/C16H14N2O2/c19-16(11-20-14-4-2-1-3-5-14)18-13-7-6-12-8-9-17-15(12)10-13/h1-10,17H,11H2,(H,18,19). The van der Waals surface area contributed by atoms with E-state index in [4.69, 9.17) is 4.74 Å². The van der Waals surface area contributed by atoms with Gasteiger partial charge in [-0.05, 0) is 35.7 Å². The molecule has 1 amide bonds. The number of amides is 1. The monoisotopic (exact) mass is 266 g/mol. The molecule has 0 bridgehead atoms. The first kappa shape index (κ1) is 12.3. The quantitative estimate of drug-likeness (QED) is 0.762.